The molecule has 0 saturated carbocycles. The van der Waals surface area contributed by atoms with Crippen molar-refractivity contribution in [3.05, 3.63) is 29.3 Å². The smallest absolute Gasteiger partial charge is 0.170 e. The molecule has 1 fully saturated rings. The van der Waals surface area contributed by atoms with Gasteiger partial charge in [-0.15, -0.1) is 0 Å². The quantitative estimate of drug-likeness (QED) is 0.626. The van der Waals surface area contributed by atoms with Crippen LogP contribution in [-0.2, 0) is 0 Å². The van der Waals surface area contributed by atoms with E-state index in [0.29, 0.717) is 5.11 Å². The normalized spacial score (nSPS) is 22.3. The van der Waals surface area contributed by atoms with E-state index in [1.807, 2.05) is 24.3 Å². The molecule has 1 aliphatic heterocycles. The summed E-state index contributed by atoms with van der Waals surface area (Å²) in [6, 6.07) is 7.55. The third-order valence-corrected chi connectivity index (χ3v) is 4.48. The Hall–Kier alpha value is -0.840. The number of nitrogens with zero attached hydrogens (tertiary/aromatic N) is 1. The van der Waals surface area contributed by atoms with Crippen molar-refractivity contribution in [3.63, 3.8) is 0 Å². The second kappa shape index (κ2) is 8.70. The first kappa shape index (κ1) is 17.5. The highest BCUT2D eigenvalue weighted by Gasteiger charge is 2.20. The molecular formula is C17H26ClN3S. The Kier molecular flexibility index (Phi) is 6.93. The van der Waals surface area contributed by atoms with Crippen LogP contribution >= 0.6 is 23.8 Å². The van der Waals surface area contributed by atoms with Gasteiger partial charge >= 0.3 is 0 Å². The molecule has 2 N–H and O–H groups in total. The first-order valence-corrected chi connectivity index (χ1v) is 8.84. The molecule has 1 aromatic rings. The van der Waals surface area contributed by atoms with Crippen LogP contribution in [0, 0.1) is 11.8 Å². The van der Waals surface area contributed by atoms with Gasteiger partial charge in [0.1, 0.15) is 0 Å². The van der Waals surface area contributed by atoms with Crippen LogP contribution in [0.15, 0.2) is 24.3 Å². The van der Waals surface area contributed by atoms with Crippen molar-refractivity contribution >= 4 is 34.6 Å². The van der Waals surface area contributed by atoms with Crippen molar-refractivity contribution < 1.29 is 0 Å². The molecule has 1 aromatic carbocycles. The zero-order valence-corrected chi connectivity index (χ0v) is 15.0. The number of halogens is 1. The lowest BCUT2D eigenvalue weighted by Crippen LogP contribution is -2.40. The molecule has 0 aliphatic carbocycles. The van der Waals surface area contributed by atoms with Crippen molar-refractivity contribution in [2.75, 3.05) is 31.5 Å². The zero-order valence-electron chi connectivity index (χ0n) is 13.4. The van der Waals surface area contributed by atoms with E-state index in [9.17, 15) is 0 Å². The number of piperidine rings is 1. The number of anilines is 1. The molecule has 2 rings (SSSR count). The topological polar surface area (TPSA) is 27.3 Å². The third kappa shape index (κ3) is 6.11. The lowest BCUT2D eigenvalue weighted by molar-refractivity contribution is 0.140. The zero-order chi connectivity index (χ0) is 15.9. The minimum Gasteiger partial charge on any atom is -0.362 e. The molecule has 3 nitrogen and oxygen atoms in total. The summed E-state index contributed by atoms with van der Waals surface area (Å²) >= 11 is 11.2. The Morgan fingerprint density at radius 1 is 1.23 bits per heavy atom. The van der Waals surface area contributed by atoms with Crippen LogP contribution in [-0.4, -0.2) is 36.2 Å². The molecular weight excluding hydrogens is 314 g/mol. The molecule has 1 heterocycles. The Labute approximate surface area is 144 Å². The van der Waals surface area contributed by atoms with Crippen LogP contribution in [0.25, 0.3) is 0 Å². The average molecular weight is 340 g/mol. The van der Waals surface area contributed by atoms with E-state index in [1.54, 1.807) is 0 Å². The molecule has 5 heteroatoms. The minimum absolute atomic E-state index is 0.669. The van der Waals surface area contributed by atoms with Gasteiger partial charge in [-0.2, -0.15) is 0 Å². The van der Waals surface area contributed by atoms with Gasteiger partial charge in [-0.25, -0.2) is 0 Å². The van der Waals surface area contributed by atoms with Crippen LogP contribution in [0.1, 0.15) is 26.7 Å². The summed E-state index contributed by atoms with van der Waals surface area (Å²) in [7, 11) is 0. The van der Waals surface area contributed by atoms with Crippen LogP contribution in [0.4, 0.5) is 5.69 Å². The number of hydrogen-bond acceptors (Lipinski definition) is 2. The summed E-state index contributed by atoms with van der Waals surface area (Å²) in [4.78, 5) is 2.58. The highest BCUT2D eigenvalue weighted by atomic mass is 35.5. The van der Waals surface area contributed by atoms with Gasteiger partial charge in [0.05, 0.1) is 0 Å². The number of benzene rings is 1. The van der Waals surface area contributed by atoms with Crippen LogP contribution in [0.2, 0.25) is 5.02 Å². The summed E-state index contributed by atoms with van der Waals surface area (Å²) in [6.45, 7) is 9.22. The maximum atomic E-state index is 5.86. The minimum atomic E-state index is 0.669. The second-order valence-corrected chi connectivity index (χ2v) is 7.29. The second-order valence-electron chi connectivity index (χ2n) is 6.45. The van der Waals surface area contributed by atoms with Gasteiger partial charge in [0.2, 0.25) is 0 Å². The van der Waals surface area contributed by atoms with Gasteiger partial charge in [0.25, 0.3) is 0 Å². The molecule has 0 bridgehead atoms. The Morgan fingerprint density at radius 3 is 2.50 bits per heavy atom. The number of likely N-dealkylation sites (tertiary alicyclic amines) is 1. The van der Waals surface area contributed by atoms with Crippen molar-refractivity contribution in [2.45, 2.75) is 26.7 Å². The predicted molar refractivity (Wildman–Crippen MR) is 99.7 cm³/mol. The summed E-state index contributed by atoms with van der Waals surface area (Å²) in [6.07, 6.45) is 2.48. The predicted octanol–water partition coefficient (Wildman–Crippen LogP) is 3.99. The highest BCUT2D eigenvalue weighted by Crippen LogP contribution is 2.20. The molecule has 22 heavy (non-hydrogen) atoms. The first-order chi connectivity index (χ1) is 10.5. The van der Waals surface area contributed by atoms with Gasteiger partial charge in [0.15, 0.2) is 5.11 Å². The van der Waals surface area contributed by atoms with E-state index >= 15 is 0 Å². The first-order valence-electron chi connectivity index (χ1n) is 8.05. The third-order valence-electron chi connectivity index (χ3n) is 3.98. The number of nitrogens with one attached hydrogen (secondary N) is 2. The Bertz CT molecular complexity index is 467. The van der Waals surface area contributed by atoms with Crippen molar-refractivity contribution in [1.82, 2.24) is 10.2 Å². The summed E-state index contributed by atoms with van der Waals surface area (Å²) in [5, 5.41) is 7.84. The maximum Gasteiger partial charge on any atom is 0.170 e. The monoisotopic (exact) mass is 339 g/mol. The summed E-state index contributed by atoms with van der Waals surface area (Å²) in [5.74, 6) is 1.65. The molecule has 0 amide bonds. The largest absolute Gasteiger partial charge is 0.362 e. The number of rotatable bonds is 5. The molecule has 0 unspecified atom stereocenters. The van der Waals surface area contributed by atoms with E-state index in [1.165, 1.54) is 19.5 Å². The van der Waals surface area contributed by atoms with Crippen LogP contribution in [0.3, 0.4) is 0 Å². The number of hydrogen-bond donors (Lipinski definition) is 2. The fourth-order valence-corrected chi connectivity index (χ4v) is 3.53. The van der Waals surface area contributed by atoms with Crippen molar-refractivity contribution in [1.29, 1.82) is 0 Å². The molecule has 0 radical (unpaired) electrons. The van der Waals surface area contributed by atoms with E-state index in [0.717, 1.165) is 42.1 Å². The SMILES string of the molecule is C[C@@H]1C[C@@H](C)CN(CCCNC(=S)Nc2ccc(Cl)cc2)C1. The molecule has 1 saturated heterocycles. The molecule has 122 valence electrons. The number of thiocarbonyl (C=S) groups is 1. The molecule has 1 aliphatic rings. The van der Waals surface area contributed by atoms with Gasteiger partial charge in [-0.3, -0.25) is 0 Å². The fourth-order valence-electron chi connectivity index (χ4n) is 3.19. The van der Waals surface area contributed by atoms with E-state index in [4.69, 9.17) is 23.8 Å². The summed E-state index contributed by atoms with van der Waals surface area (Å²) in [5.41, 5.74) is 0.959. The average Bonchev–Trinajstić information content (AvgIpc) is 2.45. The molecule has 0 aromatic heterocycles. The van der Waals surface area contributed by atoms with E-state index < -0.39 is 0 Å². The molecule has 2 atom stereocenters. The molecule has 0 spiro atoms. The van der Waals surface area contributed by atoms with Crippen LogP contribution < -0.4 is 10.6 Å². The van der Waals surface area contributed by atoms with Crippen molar-refractivity contribution in [2.24, 2.45) is 11.8 Å². The van der Waals surface area contributed by atoms with Gasteiger partial charge in [-0.1, -0.05) is 25.4 Å². The lowest BCUT2D eigenvalue weighted by Gasteiger charge is -2.34. The van der Waals surface area contributed by atoms with Gasteiger partial charge < -0.3 is 15.5 Å². The van der Waals surface area contributed by atoms with Gasteiger partial charge in [0, 0.05) is 30.3 Å². The van der Waals surface area contributed by atoms with E-state index in [-0.39, 0.29) is 0 Å². The summed E-state index contributed by atoms with van der Waals surface area (Å²) < 4.78 is 0. The maximum absolute atomic E-state index is 5.86. The van der Waals surface area contributed by atoms with Gasteiger partial charge in [-0.05, 0) is 67.7 Å². The Balaban J connectivity index is 1.62. The Morgan fingerprint density at radius 2 is 1.86 bits per heavy atom. The van der Waals surface area contributed by atoms with E-state index in [2.05, 4.69) is 29.4 Å². The highest BCUT2D eigenvalue weighted by molar-refractivity contribution is 7.80. The fraction of sp³-hybridized carbons (Fsp3) is 0.588. The van der Waals surface area contributed by atoms with Crippen LogP contribution in [0.5, 0.6) is 0 Å². The lowest BCUT2D eigenvalue weighted by atomic mass is 9.92. The van der Waals surface area contributed by atoms with Crippen molar-refractivity contribution in [3.8, 4) is 0 Å². The standard InChI is InChI=1S/C17H26ClN3S/c1-13-10-14(2)12-21(11-13)9-3-8-19-17(22)20-16-6-4-15(18)5-7-16/h4-7,13-14H,3,8-12H2,1-2H3,(H2,19,20,22)/t13-,14-/m1/s1.